The summed E-state index contributed by atoms with van der Waals surface area (Å²) in [5.74, 6) is -1.20. The molecular formula is C15H21FN4O4. The maximum Gasteiger partial charge on any atom is 0.404 e. The van der Waals surface area contributed by atoms with Crippen LogP contribution in [0.3, 0.4) is 0 Å². The van der Waals surface area contributed by atoms with E-state index in [1.165, 1.54) is 7.11 Å². The molecule has 1 aliphatic rings. The van der Waals surface area contributed by atoms with E-state index in [1.54, 1.807) is 0 Å². The molecule has 0 aromatic carbocycles. The number of carbonyl (C=O) groups is 2. The number of hydrogen-bond acceptors (Lipinski definition) is 5. The molecule has 1 aromatic heterocycles. The van der Waals surface area contributed by atoms with Crippen LogP contribution in [0.5, 0.6) is 5.88 Å². The molecule has 2 amide bonds. The van der Waals surface area contributed by atoms with Crippen LogP contribution in [0.1, 0.15) is 36.0 Å². The van der Waals surface area contributed by atoms with Crippen molar-refractivity contribution in [3.8, 4) is 5.88 Å². The molecule has 24 heavy (non-hydrogen) atoms. The van der Waals surface area contributed by atoms with E-state index in [1.807, 2.05) is 0 Å². The quantitative estimate of drug-likeness (QED) is 0.622. The summed E-state index contributed by atoms with van der Waals surface area (Å²) in [6.07, 6.45) is 2.18. The molecule has 1 saturated carbocycles. The predicted octanol–water partition coefficient (Wildman–Crippen LogP) is 1.57. The average molecular weight is 340 g/mol. The first-order chi connectivity index (χ1) is 11.4. The Kier molecular flexibility index (Phi) is 5.78. The highest BCUT2D eigenvalue weighted by molar-refractivity contribution is 5.95. The first kappa shape index (κ1) is 17.8. The van der Waals surface area contributed by atoms with Gasteiger partial charge in [-0.3, -0.25) is 4.79 Å². The van der Waals surface area contributed by atoms with Gasteiger partial charge in [0.25, 0.3) is 5.91 Å². The van der Waals surface area contributed by atoms with Gasteiger partial charge in [-0.05, 0) is 37.7 Å². The van der Waals surface area contributed by atoms with Crippen molar-refractivity contribution in [3.05, 3.63) is 17.4 Å². The highest BCUT2D eigenvalue weighted by Crippen LogP contribution is 2.28. The number of pyridine rings is 1. The number of hydrogen-bond donors (Lipinski definition) is 4. The molecule has 0 saturated heterocycles. The summed E-state index contributed by atoms with van der Waals surface area (Å²) in [6.45, 7) is 0.426. The largest absolute Gasteiger partial charge is 0.480 e. The molecule has 1 aliphatic carbocycles. The number of rotatable bonds is 6. The molecule has 0 unspecified atom stereocenters. The number of ether oxygens (including phenoxy) is 1. The fraction of sp³-hybridized carbons (Fsp3) is 0.533. The van der Waals surface area contributed by atoms with Crippen LogP contribution in [0, 0.1) is 11.7 Å². The van der Waals surface area contributed by atoms with Gasteiger partial charge in [-0.25, -0.2) is 9.18 Å². The van der Waals surface area contributed by atoms with Crippen molar-refractivity contribution in [1.29, 1.82) is 0 Å². The Morgan fingerprint density at radius 1 is 1.42 bits per heavy atom. The molecule has 8 nitrogen and oxygen atoms in total. The minimum absolute atomic E-state index is 0.0176. The van der Waals surface area contributed by atoms with E-state index < -0.39 is 17.8 Å². The van der Waals surface area contributed by atoms with Crippen molar-refractivity contribution in [1.82, 2.24) is 10.3 Å². The third-order valence-electron chi connectivity index (χ3n) is 4.13. The van der Waals surface area contributed by atoms with Gasteiger partial charge < -0.3 is 26.2 Å². The molecule has 9 heteroatoms. The first-order valence-corrected chi connectivity index (χ1v) is 7.68. The minimum Gasteiger partial charge on any atom is -0.480 e. The van der Waals surface area contributed by atoms with Crippen LogP contribution in [-0.2, 0) is 0 Å². The zero-order valence-corrected chi connectivity index (χ0v) is 13.3. The molecule has 0 aliphatic heterocycles. The Balaban J connectivity index is 1.97. The van der Waals surface area contributed by atoms with Crippen molar-refractivity contribution >= 4 is 17.8 Å². The van der Waals surface area contributed by atoms with Gasteiger partial charge in [-0.15, -0.1) is 0 Å². The Hall–Kier alpha value is -2.58. The normalized spacial score (nSPS) is 20.2. The van der Waals surface area contributed by atoms with E-state index in [-0.39, 0.29) is 29.2 Å². The Morgan fingerprint density at radius 3 is 2.62 bits per heavy atom. The van der Waals surface area contributed by atoms with E-state index >= 15 is 0 Å². The number of nitrogens with zero attached hydrogens (tertiary/aromatic N) is 1. The summed E-state index contributed by atoms with van der Waals surface area (Å²) in [4.78, 5) is 25.7. The number of halogens is 1. The Labute approximate surface area is 138 Å². The van der Waals surface area contributed by atoms with Gasteiger partial charge in [0, 0.05) is 12.6 Å². The first-order valence-electron chi connectivity index (χ1n) is 7.68. The van der Waals surface area contributed by atoms with Crippen molar-refractivity contribution in [2.24, 2.45) is 11.7 Å². The van der Waals surface area contributed by atoms with Crippen LogP contribution in [0.4, 0.5) is 15.0 Å². The van der Waals surface area contributed by atoms with Crippen LogP contribution in [0.25, 0.3) is 0 Å². The topological polar surface area (TPSA) is 127 Å². The van der Waals surface area contributed by atoms with Gasteiger partial charge in [0.1, 0.15) is 5.56 Å². The zero-order valence-electron chi connectivity index (χ0n) is 13.3. The summed E-state index contributed by atoms with van der Waals surface area (Å²) < 4.78 is 19.1. The SMILES string of the molecule is COc1nc(N[C@H]2CC[C@H](CNC(=O)O)CC2)c(F)cc1C(N)=O. The van der Waals surface area contributed by atoms with Crippen molar-refractivity contribution in [3.63, 3.8) is 0 Å². The van der Waals surface area contributed by atoms with E-state index in [2.05, 4.69) is 15.6 Å². The number of primary amides is 1. The lowest BCUT2D eigenvalue weighted by atomic mass is 9.86. The van der Waals surface area contributed by atoms with Gasteiger partial charge in [-0.2, -0.15) is 4.98 Å². The summed E-state index contributed by atoms with van der Waals surface area (Å²) in [6, 6.07) is 1.04. The molecule has 0 atom stereocenters. The van der Waals surface area contributed by atoms with Gasteiger partial charge in [0.2, 0.25) is 5.88 Å². The summed E-state index contributed by atoms with van der Waals surface area (Å²) in [5.41, 5.74) is 5.06. The van der Waals surface area contributed by atoms with Gasteiger partial charge >= 0.3 is 6.09 Å². The summed E-state index contributed by atoms with van der Waals surface area (Å²) in [5, 5.41) is 14.0. The van der Waals surface area contributed by atoms with Gasteiger partial charge in [0.05, 0.1) is 7.11 Å². The van der Waals surface area contributed by atoms with Crippen molar-refractivity contribution < 1.29 is 23.8 Å². The minimum atomic E-state index is -1.02. The lowest BCUT2D eigenvalue weighted by molar-refractivity contribution is 0.0996. The number of amides is 2. The predicted molar refractivity (Wildman–Crippen MR) is 84.7 cm³/mol. The molecule has 2 rings (SSSR count). The molecule has 0 bridgehead atoms. The highest BCUT2D eigenvalue weighted by atomic mass is 19.1. The van der Waals surface area contributed by atoms with Crippen molar-refractivity contribution in [2.75, 3.05) is 19.0 Å². The maximum atomic E-state index is 14.1. The average Bonchev–Trinajstić information content (AvgIpc) is 2.55. The monoisotopic (exact) mass is 340 g/mol. The van der Waals surface area contributed by atoms with Crippen LogP contribution in [0.2, 0.25) is 0 Å². The second-order valence-corrected chi connectivity index (χ2v) is 5.79. The van der Waals surface area contributed by atoms with Crippen LogP contribution < -0.4 is 21.1 Å². The number of nitrogens with two attached hydrogens (primary N) is 1. The van der Waals surface area contributed by atoms with Gasteiger partial charge in [0.15, 0.2) is 11.6 Å². The third-order valence-corrected chi connectivity index (χ3v) is 4.13. The van der Waals surface area contributed by atoms with E-state index in [9.17, 15) is 14.0 Å². The number of methoxy groups -OCH3 is 1. The Morgan fingerprint density at radius 2 is 2.08 bits per heavy atom. The fourth-order valence-electron chi connectivity index (χ4n) is 2.84. The number of carboxylic acid groups (broad SMARTS) is 1. The number of carbonyl (C=O) groups excluding carboxylic acids is 1. The number of nitrogens with one attached hydrogen (secondary N) is 2. The second-order valence-electron chi connectivity index (χ2n) is 5.79. The molecule has 1 aromatic rings. The molecule has 1 heterocycles. The van der Waals surface area contributed by atoms with E-state index in [4.69, 9.17) is 15.6 Å². The third kappa shape index (κ3) is 4.46. The van der Waals surface area contributed by atoms with Gasteiger partial charge in [-0.1, -0.05) is 0 Å². The molecular weight excluding hydrogens is 319 g/mol. The number of anilines is 1. The van der Waals surface area contributed by atoms with E-state index in [0.29, 0.717) is 6.54 Å². The lowest BCUT2D eigenvalue weighted by Gasteiger charge is -2.29. The lowest BCUT2D eigenvalue weighted by Crippen LogP contribution is -2.33. The number of aromatic nitrogens is 1. The van der Waals surface area contributed by atoms with Crippen LogP contribution >= 0.6 is 0 Å². The molecule has 0 radical (unpaired) electrons. The maximum absolute atomic E-state index is 14.1. The van der Waals surface area contributed by atoms with Crippen LogP contribution in [0.15, 0.2) is 6.07 Å². The van der Waals surface area contributed by atoms with E-state index in [0.717, 1.165) is 31.7 Å². The summed E-state index contributed by atoms with van der Waals surface area (Å²) in [7, 11) is 1.33. The highest BCUT2D eigenvalue weighted by Gasteiger charge is 2.24. The fourth-order valence-corrected chi connectivity index (χ4v) is 2.84. The molecule has 132 valence electrons. The molecule has 5 N–H and O–H groups in total. The molecule has 1 fully saturated rings. The standard InChI is InChI=1S/C15H21FN4O4/c1-24-14-10(12(17)21)6-11(16)13(20-14)19-9-4-2-8(3-5-9)7-18-15(22)23/h6,8-9,18H,2-5,7H2,1H3,(H2,17,21)(H,19,20)(H,22,23)/t8-,9-. The smallest absolute Gasteiger partial charge is 0.404 e. The Bertz CT molecular complexity index is 618. The zero-order chi connectivity index (χ0) is 17.7. The molecule has 0 spiro atoms. The second kappa shape index (κ2) is 7.80. The van der Waals surface area contributed by atoms with Crippen molar-refractivity contribution in [2.45, 2.75) is 31.7 Å². The van der Waals surface area contributed by atoms with Crippen LogP contribution in [-0.4, -0.2) is 41.8 Å². The summed E-state index contributed by atoms with van der Waals surface area (Å²) >= 11 is 0.